The van der Waals surface area contributed by atoms with Gasteiger partial charge in [0.2, 0.25) is 0 Å². The zero-order valence-electron chi connectivity index (χ0n) is 9.83. The summed E-state index contributed by atoms with van der Waals surface area (Å²) in [4.78, 5) is 2.24. The number of hydrogen-bond acceptors (Lipinski definition) is 4. The number of hydrogen-bond donors (Lipinski definition) is 1. The van der Waals surface area contributed by atoms with E-state index in [1.807, 2.05) is 12.1 Å². The van der Waals surface area contributed by atoms with Gasteiger partial charge in [0.05, 0.1) is 13.2 Å². The molecular weight excluding hydrogens is 319 g/mol. The van der Waals surface area contributed by atoms with Gasteiger partial charge in [-0.3, -0.25) is 0 Å². The van der Waals surface area contributed by atoms with Crippen molar-refractivity contribution in [3.8, 4) is 0 Å². The highest BCUT2D eigenvalue weighted by molar-refractivity contribution is 14.1. The lowest BCUT2D eigenvalue weighted by Crippen LogP contribution is -2.31. The summed E-state index contributed by atoms with van der Waals surface area (Å²) in [6, 6.07) is 3.98. The van der Waals surface area contributed by atoms with Crippen LogP contribution in [0.1, 0.15) is 5.76 Å². The first-order chi connectivity index (χ1) is 7.72. The van der Waals surface area contributed by atoms with Crippen molar-refractivity contribution < 1.29 is 9.15 Å². The maximum atomic E-state index is 5.45. The highest BCUT2D eigenvalue weighted by Gasteiger charge is 2.00. The lowest BCUT2D eigenvalue weighted by Gasteiger charge is -2.15. The minimum atomic E-state index is 0.785. The summed E-state index contributed by atoms with van der Waals surface area (Å²) in [7, 11) is 3.82. The topological polar surface area (TPSA) is 37.6 Å². The second-order valence-electron chi connectivity index (χ2n) is 3.68. The van der Waals surface area contributed by atoms with Gasteiger partial charge >= 0.3 is 0 Å². The zero-order chi connectivity index (χ0) is 11.8. The summed E-state index contributed by atoms with van der Waals surface area (Å²) < 4.78 is 11.4. The highest BCUT2D eigenvalue weighted by Crippen LogP contribution is 2.09. The third-order valence-electron chi connectivity index (χ3n) is 2.28. The molecule has 1 N–H and O–H groups in total. The van der Waals surface area contributed by atoms with Crippen LogP contribution in [-0.2, 0) is 11.3 Å². The molecule has 0 aliphatic heterocycles. The molecule has 0 amide bonds. The molecule has 0 saturated carbocycles. The highest BCUT2D eigenvalue weighted by atomic mass is 127. The Morgan fingerprint density at radius 1 is 1.44 bits per heavy atom. The van der Waals surface area contributed by atoms with Crippen LogP contribution in [-0.4, -0.2) is 45.3 Å². The Morgan fingerprint density at radius 3 is 2.88 bits per heavy atom. The van der Waals surface area contributed by atoms with Crippen LogP contribution in [0.15, 0.2) is 16.5 Å². The van der Waals surface area contributed by atoms with Gasteiger partial charge in [-0.05, 0) is 41.8 Å². The number of rotatable bonds is 8. The van der Waals surface area contributed by atoms with Crippen molar-refractivity contribution in [3.63, 3.8) is 0 Å². The second-order valence-corrected chi connectivity index (χ2v) is 4.74. The molecule has 0 aromatic carbocycles. The molecule has 0 bridgehead atoms. The fraction of sp³-hybridized carbons (Fsp3) is 0.636. The van der Waals surface area contributed by atoms with Crippen molar-refractivity contribution in [2.24, 2.45) is 0 Å². The van der Waals surface area contributed by atoms with E-state index >= 15 is 0 Å². The SMILES string of the molecule is COCCN(C)CCNCc1ccc(I)o1. The Kier molecular flexibility index (Phi) is 7.02. The lowest BCUT2D eigenvalue weighted by molar-refractivity contribution is 0.161. The molecule has 4 nitrogen and oxygen atoms in total. The summed E-state index contributed by atoms with van der Waals surface area (Å²) in [5, 5.41) is 3.34. The van der Waals surface area contributed by atoms with Gasteiger partial charge in [-0.1, -0.05) is 0 Å². The molecule has 1 aromatic rings. The number of nitrogens with one attached hydrogen (secondary N) is 1. The number of nitrogens with zero attached hydrogens (tertiary/aromatic N) is 1. The first kappa shape index (κ1) is 14.0. The van der Waals surface area contributed by atoms with Gasteiger partial charge in [0, 0.05) is 26.7 Å². The lowest BCUT2D eigenvalue weighted by atomic mass is 10.4. The van der Waals surface area contributed by atoms with Gasteiger partial charge in [-0.2, -0.15) is 0 Å². The van der Waals surface area contributed by atoms with Gasteiger partial charge in [-0.25, -0.2) is 0 Å². The molecule has 0 unspecified atom stereocenters. The predicted octanol–water partition coefficient (Wildman–Crippen LogP) is 1.55. The summed E-state index contributed by atoms with van der Waals surface area (Å²) in [6.45, 7) is 4.52. The van der Waals surface area contributed by atoms with E-state index in [1.165, 1.54) is 0 Å². The Bertz CT molecular complexity index is 291. The predicted molar refractivity (Wildman–Crippen MR) is 72.5 cm³/mol. The monoisotopic (exact) mass is 338 g/mol. The quantitative estimate of drug-likeness (QED) is 0.577. The maximum Gasteiger partial charge on any atom is 0.164 e. The molecule has 0 saturated heterocycles. The molecule has 16 heavy (non-hydrogen) atoms. The normalized spacial score (nSPS) is 11.2. The fourth-order valence-electron chi connectivity index (χ4n) is 1.29. The van der Waals surface area contributed by atoms with E-state index in [0.29, 0.717) is 0 Å². The number of furan rings is 1. The Hall–Kier alpha value is -0.110. The van der Waals surface area contributed by atoms with E-state index < -0.39 is 0 Å². The molecule has 0 atom stereocenters. The molecule has 92 valence electrons. The summed E-state index contributed by atoms with van der Waals surface area (Å²) >= 11 is 2.17. The van der Waals surface area contributed by atoms with Crippen molar-refractivity contribution in [2.75, 3.05) is 40.4 Å². The molecule has 5 heteroatoms. The molecule has 0 radical (unpaired) electrons. The molecule has 0 aliphatic rings. The van der Waals surface area contributed by atoms with Crippen molar-refractivity contribution in [2.45, 2.75) is 6.54 Å². The maximum absolute atomic E-state index is 5.45. The Balaban J connectivity index is 2.03. The van der Waals surface area contributed by atoms with Crippen molar-refractivity contribution >= 4 is 22.6 Å². The van der Waals surface area contributed by atoms with Crippen LogP contribution >= 0.6 is 22.6 Å². The van der Waals surface area contributed by atoms with E-state index in [4.69, 9.17) is 9.15 Å². The van der Waals surface area contributed by atoms with E-state index in [1.54, 1.807) is 7.11 Å². The third-order valence-corrected chi connectivity index (χ3v) is 2.86. The van der Waals surface area contributed by atoms with Crippen LogP contribution in [0.3, 0.4) is 0 Å². The average Bonchev–Trinajstić information content (AvgIpc) is 2.67. The minimum Gasteiger partial charge on any atom is -0.454 e. The number of methoxy groups -OCH3 is 1. The third kappa shape index (κ3) is 5.83. The summed E-state index contributed by atoms with van der Waals surface area (Å²) in [5.41, 5.74) is 0. The molecular formula is C11H19IN2O2. The molecule has 0 fully saturated rings. The number of ether oxygens (including phenoxy) is 1. The van der Waals surface area contributed by atoms with Crippen LogP contribution in [0, 0.1) is 3.77 Å². The zero-order valence-corrected chi connectivity index (χ0v) is 12.0. The summed E-state index contributed by atoms with van der Waals surface area (Å²) in [5.74, 6) is 0.990. The average molecular weight is 338 g/mol. The molecule has 1 aromatic heterocycles. The first-order valence-corrected chi connectivity index (χ1v) is 6.42. The standard InChI is InChI=1S/C11H19IN2O2/c1-14(7-8-15-2)6-5-13-9-10-3-4-11(12)16-10/h3-4,13H,5-9H2,1-2H3. The van der Waals surface area contributed by atoms with Crippen LogP contribution < -0.4 is 5.32 Å². The van der Waals surface area contributed by atoms with Gasteiger partial charge in [0.1, 0.15) is 5.76 Å². The Labute approximate surface area is 110 Å². The minimum absolute atomic E-state index is 0.785. The van der Waals surface area contributed by atoms with Gasteiger partial charge in [0.25, 0.3) is 0 Å². The van der Waals surface area contributed by atoms with Gasteiger partial charge in [0.15, 0.2) is 3.77 Å². The molecule has 1 rings (SSSR count). The van der Waals surface area contributed by atoms with Crippen molar-refractivity contribution in [1.82, 2.24) is 10.2 Å². The van der Waals surface area contributed by atoms with Crippen LogP contribution in [0.5, 0.6) is 0 Å². The largest absolute Gasteiger partial charge is 0.454 e. The van der Waals surface area contributed by atoms with E-state index in [9.17, 15) is 0 Å². The second kappa shape index (κ2) is 8.05. The van der Waals surface area contributed by atoms with E-state index in [0.717, 1.165) is 42.3 Å². The molecule has 0 spiro atoms. The van der Waals surface area contributed by atoms with Crippen molar-refractivity contribution in [1.29, 1.82) is 0 Å². The van der Waals surface area contributed by atoms with Gasteiger partial charge in [-0.15, -0.1) is 0 Å². The summed E-state index contributed by atoms with van der Waals surface area (Å²) in [6.07, 6.45) is 0. The van der Waals surface area contributed by atoms with Crippen LogP contribution in [0.2, 0.25) is 0 Å². The number of halogens is 1. The van der Waals surface area contributed by atoms with Crippen LogP contribution in [0.4, 0.5) is 0 Å². The van der Waals surface area contributed by atoms with Gasteiger partial charge < -0.3 is 19.4 Å². The Morgan fingerprint density at radius 2 is 2.25 bits per heavy atom. The molecule has 1 heterocycles. The number of likely N-dealkylation sites (N-methyl/N-ethyl adjacent to an activating group) is 1. The fourth-order valence-corrected chi connectivity index (χ4v) is 1.75. The van der Waals surface area contributed by atoms with Crippen molar-refractivity contribution in [3.05, 3.63) is 21.7 Å². The van der Waals surface area contributed by atoms with E-state index in [2.05, 4.69) is 39.9 Å². The molecule has 0 aliphatic carbocycles. The first-order valence-electron chi connectivity index (χ1n) is 5.35. The van der Waals surface area contributed by atoms with Crippen LogP contribution in [0.25, 0.3) is 0 Å². The van der Waals surface area contributed by atoms with E-state index in [-0.39, 0.29) is 0 Å². The smallest absolute Gasteiger partial charge is 0.164 e.